The van der Waals surface area contributed by atoms with E-state index in [4.69, 9.17) is 15.5 Å². The van der Waals surface area contributed by atoms with Crippen LogP contribution >= 0.6 is 0 Å². The normalized spacial score (nSPS) is 18.5. The molecule has 1 saturated heterocycles. The van der Waals surface area contributed by atoms with E-state index < -0.39 is 0 Å². The topological polar surface area (TPSA) is 97.8 Å². The molecule has 1 aliphatic carbocycles. The number of piperidine rings is 1. The van der Waals surface area contributed by atoms with Gasteiger partial charge in [-0.05, 0) is 68.2 Å². The molecule has 1 aromatic carbocycles. The fourth-order valence-corrected chi connectivity index (χ4v) is 4.55. The van der Waals surface area contributed by atoms with Gasteiger partial charge in [0, 0.05) is 37.0 Å². The first-order chi connectivity index (χ1) is 16.6. The molecule has 174 valence electrons. The smallest absolute Gasteiger partial charge is 0.257 e. The third kappa shape index (κ3) is 4.45. The Bertz CT molecular complexity index is 1270. The maximum absolute atomic E-state index is 11.8. The number of benzene rings is 1. The molecular formula is C26H28N6O2. The molecule has 0 saturated carbocycles. The largest absolute Gasteiger partial charge is 0.458 e. The van der Waals surface area contributed by atoms with E-state index in [2.05, 4.69) is 29.1 Å². The Kier molecular flexibility index (Phi) is 6.14. The van der Waals surface area contributed by atoms with Crippen LogP contribution in [0.1, 0.15) is 37.4 Å². The zero-order valence-corrected chi connectivity index (χ0v) is 19.0. The van der Waals surface area contributed by atoms with Gasteiger partial charge in [0.2, 0.25) is 0 Å². The van der Waals surface area contributed by atoms with Crippen molar-refractivity contribution >= 4 is 17.2 Å². The van der Waals surface area contributed by atoms with Crippen molar-refractivity contribution < 1.29 is 9.53 Å². The van der Waals surface area contributed by atoms with Crippen LogP contribution in [0, 0.1) is 0 Å². The molecule has 1 unspecified atom stereocenters. The first-order valence-corrected chi connectivity index (χ1v) is 11.6. The molecule has 3 aromatic rings. The fraction of sp³-hybridized carbons (Fsp3) is 0.269. The van der Waals surface area contributed by atoms with Crippen molar-refractivity contribution in [1.82, 2.24) is 24.8 Å². The molecule has 2 aliphatic rings. The molecule has 0 radical (unpaired) electrons. The predicted molar refractivity (Wildman–Crippen MR) is 132 cm³/mol. The molecule has 34 heavy (non-hydrogen) atoms. The number of nitrogens with one attached hydrogen (secondary N) is 1. The second-order valence-corrected chi connectivity index (χ2v) is 8.53. The second kappa shape index (κ2) is 9.52. The summed E-state index contributed by atoms with van der Waals surface area (Å²) < 4.78 is 8.01. The van der Waals surface area contributed by atoms with Gasteiger partial charge in [0.1, 0.15) is 34.4 Å². The number of hydrogen-bond acceptors (Lipinski definition) is 6. The quantitative estimate of drug-likeness (QED) is 0.545. The molecule has 0 spiro atoms. The van der Waals surface area contributed by atoms with Crippen molar-refractivity contribution in [2.75, 3.05) is 18.8 Å². The number of hydrogen-bond donors (Lipinski definition) is 2. The highest BCUT2D eigenvalue weighted by atomic mass is 16.5. The molecule has 2 aromatic heterocycles. The summed E-state index contributed by atoms with van der Waals surface area (Å²) >= 11 is 0. The monoisotopic (exact) mass is 456 g/mol. The van der Waals surface area contributed by atoms with Crippen molar-refractivity contribution in [1.29, 1.82) is 0 Å². The number of imidazole rings is 1. The van der Waals surface area contributed by atoms with Crippen molar-refractivity contribution in [3.63, 3.8) is 0 Å². The van der Waals surface area contributed by atoms with Gasteiger partial charge in [-0.15, -0.1) is 0 Å². The van der Waals surface area contributed by atoms with Crippen LogP contribution in [-0.2, 0) is 4.79 Å². The molecule has 1 atom stereocenters. The zero-order chi connectivity index (χ0) is 23.5. The minimum Gasteiger partial charge on any atom is -0.458 e. The van der Waals surface area contributed by atoms with Crippen LogP contribution in [0.25, 0.3) is 16.8 Å². The van der Waals surface area contributed by atoms with E-state index in [0.29, 0.717) is 12.4 Å². The molecule has 1 fully saturated rings. The van der Waals surface area contributed by atoms with Gasteiger partial charge >= 0.3 is 0 Å². The lowest BCUT2D eigenvalue weighted by molar-refractivity contribution is -0.121. The van der Waals surface area contributed by atoms with Gasteiger partial charge in [0.05, 0.1) is 0 Å². The Labute approximate surface area is 198 Å². The molecule has 8 heteroatoms. The summed E-state index contributed by atoms with van der Waals surface area (Å²) in [5, 5.41) is 1.93. The summed E-state index contributed by atoms with van der Waals surface area (Å²) in [6.45, 7) is 5.00. The van der Waals surface area contributed by atoms with Gasteiger partial charge in [-0.1, -0.05) is 12.7 Å². The maximum Gasteiger partial charge on any atom is 0.257 e. The molecule has 5 rings (SSSR count). The van der Waals surface area contributed by atoms with Crippen LogP contribution in [0.15, 0.2) is 73.3 Å². The first kappa shape index (κ1) is 21.9. The summed E-state index contributed by atoms with van der Waals surface area (Å²) in [4.78, 5) is 21.1. The number of rotatable bonds is 6. The van der Waals surface area contributed by atoms with Crippen LogP contribution in [0.2, 0.25) is 0 Å². The van der Waals surface area contributed by atoms with Gasteiger partial charge < -0.3 is 10.5 Å². The number of allylic oxidation sites excluding steroid dienone is 3. The number of amides is 1. The Morgan fingerprint density at radius 1 is 1.26 bits per heavy atom. The van der Waals surface area contributed by atoms with Gasteiger partial charge in [-0.25, -0.2) is 15.0 Å². The Hall–Kier alpha value is -3.91. The zero-order valence-electron chi connectivity index (χ0n) is 19.0. The number of nitrogen functional groups attached to an aromatic ring is 1. The lowest BCUT2D eigenvalue weighted by Gasteiger charge is -2.31. The average Bonchev–Trinajstić information content (AvgIpc) is 3.26. The summed E-state index contributed by atoms with van der Waals surface area (Å²) in [5.74, 6) is 2.92. The van der Waals surface area contributed by atoms with Gasteiger partial charge in [0.25, 0.3) is 5.91 Å². The number of nitrogens with zero attached hydrogens (tertiary/aromatic N) is 4. The van der Waals surface area contributed by atoms with E-state index in [9.17, 15) is 4.79 Å². The minimum atomic E-state index is -0.204. The lowest BCUT2D eigenvalue weighted by atomic mass is 9.98. The number of nitrogens with two attached hydrogens (primary N) is 1. The van der Waals surface area contributed by atoms with Crippen LogP contribution in [0.5, 0.6) is 5.75 Å². The van der Waals surface area contributed by atoms with E-state index in [1.165, 1.54) is 6.08 Å². The molecule has 1 aliphatic heterocycles. The van der Waals surface area contributed by atoms with Crippen LogP contribution < -0.4 is 15.9 Å². The Balaban J connectivity index is 1.45. The van der Waals surface area contributed by atoms with Crippen molar-refractivity contribution in [2.45, 2.75) is 31.6 Å². The fourth-order valence-electron chi connectivity index (χ4n) is 4.55. The number of aromatic nitrogens is 3. The number of anilines is 1. The highest BCUT2D eigenvalue weighted by Crippen LogP contribution is 2.34. The molecule has 0 bridgehead atoms. The number of carbonyl (C=O) groups excluding carboxylic acids is 1. The molecular weight excluding hydrogens is 428 g/mol. The van der Waals surface area contributed by atoms with E-state index >= 15 is 0 Å². The Morgan fingerprint density at radius 2 is 2.12 bits per heavy atom. The lowest BCUT2D eigenvalue weighted by Crippen LogP contribution is -2.46. The predicted octanol–water partition coefficient (Wildman–Crippen LogP) is 3.99. The molecule has 3 heterocycles. The summed E-state index contributed by atoms with van der Waals surface area (Å²) in [5.41, 5.74) is 11.7. The van der Waals surface area contributed by atoms with Crippen molar-refractivity contribution in [2.24, 2.45) is 0 Å². The van der Waals surface area contributed by atoms with Crippen molar-refractivity contribution in [3.05, 3.63) is 79.1 Å². The van der Waals surface area contributed by atoms with Gasteiger partial charge in [-0.3, -0.25) is 14.6 Å². The third-order valence-electron chi connectivity index (χ3n) is 6.18. The SMILES string of the molecule is C=CC(=O)NN1CCCC(c2nc(-c3ccc(OC4=CCCC=C4)cc3)c3c(N)nccn23)C1. The van der Waals surface area contributed by atoms with Gasteiger partial charge in [0.15, 0.2) is 0 Å². The standard InChI is InChI=1S/C26H28N6O2/c1-2-22(33)30-31-15-6-7-19(17-31)26-29-23(24-25(27)28-14-16-32(24)26)18-10-12-21(13-11-18)34-20-8-4-3-5-9-20/h2,4,8-14,16,19H,1,3,5-7,15,17H2,(H2,27,28)(H,30,33). The highest BCUT2D eigenvalue weighted by molar-refractivity contribution is 5.86. The highest BCUT2D eigenvalue weighted by Gasteiger charge is 2.27. The van der Waals surface area contributed by atoms with E-state index in [-0.39, 0.29) is 11.8 Å². The summed E-state index contributed by atoms with van der Waals surface area (Å²) in [6, 6.07) is 7.89. The van der Waals surface area contributed by atoms with E-state index in [1.807, 2.05) is 45.9 Å². The second-order valence-electron chi connectivity index (χ2n) is 8.53. The minimum absolute atomic E-state index is 0.134. The van der Waals surface area contributed by atoms with Crippen LogP contribution in [0.4, 0.5) is 5.82 Å². The van der Waals surface area contributed by atoms with Gasteiger partial charge in [-0.2, -0.15) is 0 Å². The maximum atomic E-state index is 11.8. The third-order valence-corrected chi connectivity index (χ3v) is 6.18. The molecule has 1 amide bonds. The number of fused-ring (bicyclic) bond motifs is 1. The van der Waals surface area contributed by atoms with E-state index in [0.717, 1.165) is 66.3 Å². The summed E-state index contributed by atoms with van der Waals surface area (Å²) in [6.07, 6.45) is 15.1. The first-order valence-electron chi connectivity index (χ1n) is 11.6. The van der Waals surface area contributed by atoms with Crippen LogP contribution in [-0.4, -0.2) is 38.4 Å². The number of carbonyl (C=O) groups is 1. The van der Waals surface area contributed by atoms with Crippen molar-refractivity contribution in [3.8, 4) is 17.0 Å². The molecule has 3 N–H and O–H groups in total. The van der Waals surface area contributed by atoms with Crippen LogP contribution in [0.3, 0.4) is 0 Å². The molecule has 8 nitrogen and oxygen atoms in total. The number of ether oxygens (including phenoxy) is 1. The summed E-state index contributed by atoms with van der Waals surface area (Å²) in [7, 11) is 0. The average molecular weight is 457 g/mol. The Morgan fingerprint density at radius 3 is 2.88 bits per heavy atom. The van der Waals surface area contributed by atoms with E-state index in [1.54, 1.807) is 6.20 Å². The number of hydrazine groups is 1.